The molecular formula is C16H22N4O3. The van der Waals surface area contributed by atoms with Crippen molar-refractivity contribution in [3.63, 3.8) is 0 Å². The zero-order chi connectivity index (χ0) is 17.1. The van der Waals surface area contributed by atoms with Gasteiger partial charge in [-0.15, -0.1) is 0 Å². The van der Waals surface area contributed by atoms with Crippen LogP contribution in [0.15, 0.2) is 36.4 Å². The molecule has 0 bridgehead atoms. The molecule has 0 saturated carbocycles. The second-order valence-corrected chi connectivity index (χ2v) is 4.61. The quantitative estimate of drug-likeness (QED) is 0.537. The lowest BCUT2D eigenvalue weighted by Gasteiger charge is -2.19. The molecule has 0 radical (unpaired) electrons. The standard InChI is InChI=1S/C16H22N4O3/c1-3-20(4-2)16(23)19-18-15(22)12-17-14(21)11-10-13-8-6-5-7-9-13/h5-11H,3-4,12H2,1-2H3,(H,17,21)(H,18,22)(H,19,23)/b11-10+. The third kappa shape index (κ3) is 7.12. The van der Waals surface area contributed by atoms with E-state index in [4.69, 9.17) is 0 Å². The van der Waals surface area contributed by atoms with Crippen LogP contribution in [0.3, 0.4) is 0 Å². The summed E-state index contributed by atoms with van der Waals surface area (Å²) in [5.41, 5.74) is 5.41. The molecule has 0 aliphatic rings. The molecule has 0 atom stereocenters. The molecule has 0 spiro atoms. The third-order valence-electron chi connectivity index (χ3n) is 3.01. The van der Waals surface area contributed by atoms with Crippen LogP contribution in [0.4, 0.5) is 4.79 Å². The lowest BCUT2D eigenvalue weighted by Crippen LogP contribution is -2.51. The summed E-state index contributed by atoms with van der Waals surface area (Å²) in [4.78, 5) is 36.3. The number of hydrogen-bond acceptors (Lipinski definition) is 3. The summed E-state index contributed by atoms with van der Waals surface area (Å²) in [5.74, 6) is -0.897. The van der Waals surface area contributed by atoms with E-state index in [2.05, 4.69) is 16.2 Å². The number of nitrogens with one attached hydrogen (secondary N) is 3. The van der Waals surface area contributed by atoms with Gasteiger partial charge in [-0.1, -0.05) is 30.3 Å². The maximum Gasteiger partial charge on any atom is 0.336 e. The molecule has 7 heteroatoms. The van der Waals surface area contributed by atoms with Crippen molar-refractivity contribution in [1.29, 1.82) is 0 Å². The lowest BCUT2D eigenvalue weighted by atomic mass is 10.2. The summed E-state index contributed by atoms with van der Waals surface area (Å²) in [6.07, 6.45) is 2.99. The molecule has 0 aromatic heterocycles. The van der Waals surface area contributed by atoms with Crippen molar-refractivity contribution in [2.75, 3.05) is 19.6 Å². The zero-order valence-corrected chi connectivity index (χ0v) is 13.3. The number of hydrazine groups is 1. The second-order valence-electron chi connectivity index (χ2n) is 4.61. The zero-order valence-electron chi connectivity index (χ0n) is 13.3. The maximum absolute atomic E-state index is 11.6. The monoisotopic (exact) mass is 318 g/mol. The summed E-state index contributed by atoms with van der Waals surface area (Å²) in [7, 11) is 0. The lowest BCUT2D eigenvalue weighted by molar-refractivity contribution is -0.124. The van der Waals surface area contributed by atoms with Gasteiger partial charge in [0.2, 0.25) is 5.91 Å². The number of urea groups is 1. The van der Waals surface area contributed by atoms with Gasteiger partial charge in [0.15, 0.2) is 0 Å². The predicted molar refractivity (Wildman–Crippen MR) is 88.1 cm³/mol. The van der Waals surface area contributed by atoms with Crippen LogP contribution >= 0.6 is 0 Å². The van der Waals surface area contributed by atoms with Crippen LogP contribution in [0.1, 0.15) is 19.4 Å². The summed E-state index contributed by atoms with van der Waals surface area (Å²) >= 11 is 0. The molecule has 0 aliphatic heterocycles. The Bertz CT molecular complexity index is 554. The average Bonchev–Trinajstić information content (AvgIpc) is 2.58. The molecule has 3 N–H and O–H groups in total. The Balaban J connectivity index is 2.29. The van der Waals surface area contributed by atoms with Gasteiger partial charge < -0.3 is 10.2 Å². The van der Waals surface area contributed by atoms with Crippen molar-refractivity contribution >= 4 is 23.9 Å². The van der Waals surface area contributed by atoms with E-state index < -0.39 is 11.9 Å². The largest absolute Gasteiger partial charge is 0.343 e. The van der Waals surface area contributed by atoms with Crippen LogP contribution in [-0.2, 0) is 9.59 Å². The first kappa shape index (κ1) is 18.2. The van der Waals surface area contributed by atoms with Crippen molar-refractivity contribution in [3.05, 3.63) is 42.0 Å². The van der Waals surface area contributed by atoms with Gasteiger partial charge in [0.25, 0.3) is 5.91 Å². The van der Waals surface area contributed by atoms with Gasteiger partial charge in [-0.2, -0.15) is 0 Å². The van der Waals surface area contributed by atoms with Gasteiger partial charge in [-0.05, 0) is 25.5 Å². The van der Waals surface area contributed by atoms with Crippen molar-refractivity contribution < 1.29 is 14.4 Å². The Morgan fingerprint density at radius 3 is 2.30 bits per heavy atom. The highest BCUT2D eigenvalue weighted by molar-refractivity contribution is 5.94. The average molecular weight is 318 g/mol. The number of benzene rings is 1. The number of amides is 4. The molecule has 1 aromatic carbocycles. The first-order valence-corrected chi connectivity index (χ1v) is 7.41. The second kappa shape index (κ2) is 9.99. The van der Waals surface area contributed by atoms with Gasteiger partial charge >= 0.3 is 6.03 Å². The van der Waals surface area contributed by atoms with E-state index in [0.29, 0.717) is 13.1 Å². The van der Waals surface area contributed by atoms with Crippen LogP contribution in [0.25, 0.3) is 6.08 Å². The molecule has 0 aliphatic carbocycles. The van der Waals surface area contributed by atoms with Crippen molar-refractivity contribution in [2.24, 2.45) is 0 Å². The molecule has 0 fully saturated rings. The van der Waals surface area contributed by atoms with Gasteiger partial charge in [-0.3, -0.25) is 15.0 Å². The van der Waals surface area contributed by atoms with E-state index in [1.54, 1.807) is 6.08 Å². The highest BCUT2D eigenvalue weighted by Gasteiger charge is 2.10. The first-order valence-electron chi connectivity index (χ1n) is 7.41. The Labute approximate surface area is 135 Å². The van der Waals surface area contributed by atoms with Crippen molar-refractivity contribution in [2.45, 2.75) is 13.8 Å². The smallest absolute Gasteiger partial charge is 0.336 e. The van der Waals surface area contributed by atoms with E-state index in [-0.39, 0.29) is 12.5 Å². The number of carbonyl (C=O) groups is 3. The van der Waals surface area contributed by atoms with Crippen LogP contribution in [-0.4, -0.2) is 42.4 Å². The van der Waals surface area contributed by atoms with Crippen LogP contribution in [0.2, 0.25) is 0 Å². The Morgan fingerprint density at radius 1 is 1.04 bits per heavy atom. The van der Waals surface area contributed by atoms with E-state index >= 15 is 0 Å². The van der Waals surface area contributed by atoms with E-state index in [9.17, 15) is 14.4 Å². The number of nitrogens with zero attached hydrogens (tertiary/aromatic N) is 1. The summed E-state index contributed by atoms with van der Waals surface area (Å²) in [6.45, 7) is 4.53. The van der Waals surface area contributed by atoms with E-state index in [0.717, 1.165) is 5.56 Å². The van der Waals surface area contributed by atoms with E-state index in [1.807, 2.05) is 44.2 Å². The fourth-order valence-corrected chi connectivity index (χ4v) is 1.72. The molecule has 23 heavy (non-hydrogen) atoms. The van der Waals surface area contributed by atoms with E-state index in [1.165, 1.54) is 11.0 Å². The number of rotatable bonds is 6. The Kier molecular flexibility index (Phi) is 7.91. The highest BCUT2D eigenvalue weighted by atomic mass is 16.2. The fraction of sp³-hybridized carbons (Fsp3) is 0.312. The molecule has 124 valence electrons. The van der Waals surface area contributed by atoms with Gasteiger partial charge in [0, 0.05) is 19.2 Å². The van der Waals surface area contributed by atoms with Gasteiger partial charge in [-0.25, -0.2) is 10.2 Å². The predicted octanol–water partition coefficient (Wildman–Crippen LogP) is 0.899. The fourth-order valence-electron chi connectivity index (χ4n) is 1.72. The minimum Gasteiger partial charge on any atom is -0.343 e. The Morgan fingerprint density at radius 2 is 1.70 bits per heavy atom. The molecular weight excluding hydrogens is 296 g/mol. The third-order valence-corrected chi connectivity index (χ3v) is 3.01. The first-order chi connectivity index (χ1) is 11.1. The SMILES string of the molecule is CCN(CC)C(=O)NNC(=O)CNC(=O)/C=C/c1ccccc1. The van der Waals surface area contributed by atoms with Crippen LogP contribution in [0.5, 0.6) is 0 Å². The molecule has 7 nitrogen and oxygen atoms in total. The van der Waals surface area contributed by atoms with Crippen LogP contribution < -0.4 is 16.2 Å². The number of hydrogen-bond donors (Lipinski definition) is 3. The van der Waals surface area contributed by atoms with Gasteiger partial charge in [0.1, 0.15) is 0 Å². The number of carbonyl (C=O) groups excluding carboxylic acids is 3. The topological polar surface area (TPSA) is 90.5 Å². The van der Waals surface area contributed by atoms with Crippen molar-refractivity contribution in [3.8, 4) is 0 Å². The van der Waals surface area contributed by atoms with Gasteiger partial charge in [0.05, 0.1) is 6.54 Å². The molecule has 1 rings (SSSR count). The summed E-state index contributed by atoms with van der Waals surface area (Å²) < 4.78 is 0. The summed E-state index contributed by atoms with van der Waals surface area (Å²) in [6, 6.07) is 8.94. The minimum atomic E-state index is -0.507. The van der Waals surface area contributed by atoms with Crippen molar-refractivity contribution in [1.82, 2.24) is 21.1 Å². The highest BCUT2D eigenvalue weighted by Crippen LogP contribution is 2.00. The molecule has 4 amide bonds. The minimum absolute atomic E-state index is 0.226. The maximum atomic E-state index is 11.6. The normalized spacial score (nSPS) is 10.2. The Hall–Kier alpha value is -2.83. The molecule has 1 aromatic rings. The molecule has 0 heterocycles. The summed E-state index contributed by atoms with van der Waals surface area (Å²) in [5, 5.41) is 2.43. The molecule has 0 saturated heterocycles. The van der Waals surface area contributed by atoms with Crippen LogP contribution in [0, 0.1) is 0 Å². The molecule has 0 unspecified atom stereocenters.